The summed E-state index contributed by atoms with van der Waals surface area (Å²) in [6.45, 7) is 10.3. The molecule has 2 N–H and O–H groups in total. The number of nitrogens with one attached hydrogen (secondary N) is 2. The SMILES string of the molecule is COc1cc(C)cc(C)c1NCCNC(C)C. The van der Waals surface area contributed by atoms with Gasteiger partial charge < -0.3 is 15.4 Å². The fraction of sp³-hybridized carbons (Fsp3) is 0.571. The molecule has 0 radical (unpaired) electrons. The highest BCUT2D eigenvalue weighted by atomic mass is 16.5. The van der Waals surface area contributed by atoms with Crippen LogP contribution in [0.15, 0.2) is 12.1 Å². The van der Waals surface area contributed by atoms with Crippen LogP contribution in [0.2, 0.25) is 0 Å². The Morgan fingerprint density at radius 2 is 1.88 bits per heavy atom. The fourth-order valence-electron chi connectivity index (χ4n) is 1.86. The van der Waals surface area contributed by atoms with Gasteiger partial charge in [-0.3, -0.25) is 0 Å². The van der Waals surface area contributed by atoms with E-state index in [2.05, 4.69) is 50.5 Å². The van der Waals surface area contributed by atoms with Gasteiger partial charge >= 0.3 is 0 Å². The van der Waals surface area contributed by atoms with Crippen LogP contribution in [0.3, 0.4) is 0 Å². The summed E-state index contributed by atoms with van der Waals surface area (Å²) in [5, 5.41) is 6.81. The summed E-state index contributed by atoms with van der Waals surface area (Å²) in [7, 11) is 1.71. The Labute approximate surface area is 105 Å². The van der Waals surface area contributed by atoms with Crippen LogP contribution in [0.4, 0.5) is 5.69 Å². The van der Waals surface area contributed by atoms with Crippen molar-refractivity contribution in [2.75, 3.05) is 25.5 Å². The average Bonchev–Trinajstić information content (AvgIpc) is 2.25. The molecule has 0 saturated heterocycles. The lowest BCUT2D eigenvalue weighted by Gasteiger charge is -2.16. The Morgan fingerprint density at radius 1 is 1.18 bits per heavy atom. The molecule has 0 unspecified atom stereocenters. The largest absolute Gasteiger partial charge is 0.495 e. The van der Waals surface area contributed by atoms with E-state index in [1.807, 2.05) is 0 Å². The second-order valence-corrected chi connectivity index (χ2v) is 4.69. The number of benzene rings is 1. The number of aryl methyl sites for hydroxylation is 2. The van der Waals surface area contributed by atoms with Crippen molar-refractivity contribution in [2.45, 2.75) is 33.7 Å². The first-order valence-corrected chi connectivity index (χ1v) is 6.17. The van der Waals surface area contributed by atoms with Gasteiger partial charge in [-0.05, 0) is 31.0 Å². The molecule has 0 saturated carbocycles. The molecule has 0 aliphatic heterocycles. The van der Waals surface area contributed by atoms with Crippen molar-refractivity contribution in [3.05, 3.63) is 23.3 Å². The smallest absolute Gasteiger partial charge is 0.142 e. The van der Waals surface area contributed by atoms with Crippen LogP contribution in [-0.2, 0) is 0 Å². The molecule has 0 aromatic heterocycles. The van der Waals surface area contributed by atoms with E-state index in [0.29, 0.717) is 6.04 Å². The highest BCUT2D eigenvalue weighted by molar-refractivity contribution is 5.63. The van der Waals surface area contributed by atoms with Crippen molar-refractivity contribution >= 4 is 5.69 Å². The number of methoxy groups -OCH3 is 1. The van der Waals surface area contributed by atoms with Gasteiger partial charge in [0.2, 0.25) is 0 Å². The molecule has 3 nitrogen and oxygen atoms in total. The Kier molecular flexibility index (Phi) is 5.29. The minimum atomic E-state index is 0.526. The van der Waals surface area contributed by atoms with Gasteiger partial charge in [0.25, 0.3) is 0 Å². The van der Waals surface area contributed by atoms with E-state index >= 15 is 0 Å². The van der Waals surface area contributed by atoms with Crippen LogP contribution in [0.25, 0.3) is 0 Å². The fourth-order valence-corrected chi connectivity index (χ4v) is 1.86. The van der Waals surface area contributed by atoms with Crippen molar-refractivity contribution in [1.29, 1.82) is 0 Å². The summed E-state index contributed by atoms with van der Waals surface area (Å²) >= 11 is 0. The van der Waals surface area contributed by atoms with E-state index in [-0.39, 0.29) is 0 Å². The van der Waals surface area contributed by atoms with Gasteiger partial charge in [0, 0.05) is 19.1 Å². The molecule has 0 bridgehead atoms. The number of rotatable bonds is 6. The zero-order valence-electron chi connectivity index (χ0n) is 11.6. The molecule has 0 atom stereocenters. The first-order chi connectivity index (χ1) is 8.04. The molecule has 3 heteroatoms. The van der Waals surface area contributed by atoms with Crippen LogP contribution in [0.5, 0.6) is 5.75 Å². The molecule has 0 fully saturated rings. The summed E-state index contributed by atoms with van der Waals surface area (Å²) in [4.78, 5) is 0. The third-order valence-corrected chi connectivity index (χ3v) is 2.64. The number of ether oxygens (including phenoxy) is 1. The van der Waals surface area contributed by atoms with Gasteiger partial charge in [-0.25, -0.2) is 0 Å². The molecule has 1 rings (SSSR count). The minimum Gasteiger partial charge on any atom is -0.495 e. The molecule has 0 aliphatic rings. The molecule has 0 amide bonds. The Morgan fingerprint density at radius 3 is 2.47 bits per heavy atom. The van der Waals surface area contributed by atoms with Crippen LogP contribution in [0.1, 0.15) is 25.0 Å². The summed E-state index contributed by atoms with van der Waals surface area (Å²) in [6.07, 6.45) is 0. The van der Waals surface area contributed by atoms with Gasteiger partial charge in [-0.15, -0.1) is 0 Å². The summed E-state index contributed by atoms with van der Waals surface area (Å²) in [5.74, 6) is 0.923. The predicted molar refractivity (Wildman–Crippen MR) is 74.1 cm³/mol. The maximum absolute atomic E-state index is 5.40. The molecule has 96 valence electrons. The molecular weight excluding hydrogens is 212 g/mol. The van der Waals surface area contributed by atoms with Crippen molar-refractivity contribution in [1.82, 2.24) is 5.32 Å². The second-order valence-electron chi connectivity index (χ2n) is 4.69. The quantitative estimate of drug-likeness (QED) is 0.745. The first-order valence-electron chi connectivity index (χ1n) is 6.17. The standard InChI is InChI=1S/C14H24N2O/c1-10(2)15-6-7-16-14-12(4)8-11(3)9-13(14)17-5/h8-10,15-16H,6-7H2,1-5H3. The van der Waals surface area contributed by atoms with E-state index in [4.69, 9.17) is 4.74 Å². The third-order valence-electron chi connectivity index (χ3n) is 2.64. The zero-order chi connectivity index (χ0) is 12.8. The normalized spacial score (nSPS) is 10.7. The van der Waals surface area contributed by atoms with Gasteiger partial charge in [0.05, 0.1) is 12.8 Å². The maximum atomic E-state index is 5.40. The Balaban J connectivity index is 2.63. The molecule has 0 heterocycles. The van der Waals surface area contributed by atoms with E-state index in [0.717, 1.165) is 24.5 Å². The summed E-state index contributed by atoms with van der Waals surface area (Å²) < 4.78 is 5.40. The summed E-state index contributed by atoms with van der Waals surface area (Å²) in [6, 6.07) is 4.75. The highest BCUT2D eigenvalue weighted by Crippen LogP contribution is 2.29. The van der Waals surface area contributed by atoms with Crippen LogP contribution >= 0.6 is 0 Å². The lowest BCUT2D eigenvalue weighted by atomic mass is 10.1. The minimum absolute atomic E-state index is 0.526. The molecule has 0 spiro atoms. The lowest BCUT2D eigenvalue weighted by molar-refractivity contribution is 0.416. The monoisotopic (exact) mass is 236 g/mol. The van der Waals surface area contributed by atoms with Crippen molar-refractivity contribution < 1.29 is 4.74 Å². The van der Waals surface area contributed by atoms with E-state index < -0.39 is 0 Å². The molecule has 1 aromatic rings. The van der Waals surface area contributed by atoms with E-state index in [1.165, 1.54) is 11.1 Å². The van der Waals surface area contributed by atoms with Gasteiger partial charge in [0.15, 0.2) is 0 Å². The first kappa shape index (κ1) is 13.8. The number of anilines is 1. The number of hydrogen-bond donors (Lipinski definition) is 2. The molecule has 17 heavy (non-hydrogen) atoms. The predicted octanol–water partition coefficient (Wildman–Crippen LogP) is 2.72. The van der Waals surface area contributed by atoms with Gasteiger partial charge in [-0.2, -0.15) is 0 Å². The van der Waals surface area contributed by atoms with Crippen molar-refractivity contribution in [3.8, 4) is 5.75 Å². The topological polar surface area (TPSA) is 33.3 Å². The molecule has 1 aromatic carbocycles. The third kappa shape index (κ3) is 4.27. The van der Waals surface area contributed by atoms with Gasteiger partial charge in [0.1, 0.15) is 5.75 Å². The maximum Gasteiger partial charge on any atom is 0.142 e. The second kappa shape index (κ2) is 6.50. The molecular formula is C14H24N2O. The highest BCUT2D eigenvalue weighted by Gasteiger charge is 2.06. The van der Waals surface area contributed by atoms with Crippen LogP contribution in [0, 0.1) is 13.8 Å². The lowest BCUT2D eigenvalue weighted by Crippen LogP contribution is -2.28. The Bertz CT molecular complexity index is 361. The van der Waals surface area contributed by atoms with Crippen molar-refractivity contribution in [2.24, 2.45) is 0 Å². The van der Waals surface area contributed by atoms with E-state index in [9.17, 15) is 0 Å². The zero-order valence-corrected chi connectivity index (χ0v) is 11.6. The van der Waals surface area contributed by atoms with Crippen molar-refractivity contribution in [3.63, 3.8) is 0 Å². The Hall–Kier alpha value is -1.22. The van der Waals surface area contributed by atoms with E-state index in [1.54, 1.807) is 7.11 Å². The number of hydrogen-bond acceptors (Lipinski definition) is 3. The van der Waals surface area contributed by atoms with Crippen LogP contribution < -0.4 is 15.4 Å². The summed E-state index contributed by atoms with van der Waals surface area (Å²) in [5.41, 5.74) is 3.56. The molecule has 0 aliphatic carbocycles. The van der Waals surface area contributed by atoms with Gasteiger partial charge in [-0.1, -0.05) is 19.9 Å². The average molecular weight is 236 g/mol. The van der Waals surface area contributed by atoms with Crippen LogP contribution in [-0.4, -0.2) is 26.2 Å².